The molecule has 0 saturated carbocycles. The van der Waals surface area contributed by atoms with Gasteiger partial charge in [-0.05, 0) is 68.1 Å². The van der Waals surface area contributed by atoms with Gasteiger partial charge in [0.25, 0.3) is 0 Å². The molecule has 0 amide bonds. The summed E-state index contributed by atoms with van der Waals surface area (Å²) in [6, 6.07) is 50.6. The van der Waals surface area contributed by atoms with Crippen molar-refractivity contribution >= 4 is 65.4 Å². The summed E-state index contributed by atoms with van der Waals surface area (Å²) in [4.78, 5) is 0. The molecule has 48 heavy (non-hydrogen) atoms. The van der Waals surface area contributed by atoms with Gasteiger partial charge in [0.05, 0.1) is 12.1 Å². The molecule has 0 atom stereocenters. The fourth-order valence-electron chi connectivity index (χ4n) is 7.95. The van der Waals surface area contributed by atoms with Gasteiger partial charge in [0, 0.05) is 85.6 Å². The summed E-state index contributed by atoms with van der Waals surface area (Å²) in [6.45, 7) is 3.68. The molecule has 0 aliphatic rings. The quantitative estimate of drug-likeness (QED) is 0.131. The Labute approximate surface area is 280 Å². The summed E-state index contributed by atoms with van der Waals surface area (Å²) in [5.74, 6) is 0.953. The maximum atomic E-state index is 6.39. The Kier molecular flexibility index (Phi) is 7.34. The largest absolute Gasteiger partial charge is 0.494 e. The fraction of sp³-hybridized carbons (Fsp3) is 0.182. The highest BCUT2D eigenvalue weighted by atomic mass is 16.5. The summed E-state index contributed by atoms with van der Waals surface area (Å²) < 4.78 is 13.9. The average molecular weight is 626 g/mol. The number of aryl methyl sites for hydroxylation is 3. The van der Waals surface area contributed by atoms with Crippen molar-refractivity contribution in [2.45, 2.75) is 45.3 Å². The zero-order valence-corrected chi connectivity index (χ0v) is 27.2. The van der Waals surface area contributed by atoms with E-state index < -0.39 is 0 Å². The summed E-state index contributed by atoms with van der Waals surface area (Å²) in [5.41, 5.74) is 7.84. The van der Waals surface area contributed by atoms with Gasteiger partial charge in [0.2, 0.25) is 0 Å². The monoisotopic (exact) mass is 625 g/mol. The lowest BCUT2D eigenvalue weighted by Crippen LogP contribution is -2.03. The lowest BCUT2D eigenvalue weighted by Gasteiger charge is -2.11. The van der Waals surface area contributed by atoms with Gasteiger partial charge < -0.3 is 18.4 Å². The number of ether oxygens (including phenoxy) is 1. The number of benzene rings is 6. The van der Waals surface area contributed by atoms with Crippen molar-refractivity contribution in [2.75, 3.05) is 6.61 Å². The third kappa shape index (κ3) is 4.91. The van der Waals surface area contributed by atoms with Gasteiger partial charge in [-0.15, -0.1) is 0 Å². The van der Waals surface area contributed by atoms with Crippen LogP contribution in [-0.4, -0.2) is 20.3 Å². The number of aromatic nitrogens is 3. The van der Waals surface area contributed by atoms with E-state index in [-0.39, 0.29) is 0 Å². The number of rotatable bonds is 11. The molecule has 0 aliphatic carbocycles. The first kappa shape index (κ1) is 28.7. The molecule has 0 fully saturated rings. The van der Waals surface area contributed by atoms with Crippen molar-refractivity contribution in [3.05, 3.63) is 140 Å². The first-order chi connectivity index (χ1) is 23.8. The zero-order chi connectivity index (χ0) is 31.9. The molecule has 0 radical (unpaired) electrons. The number of unbranched alkanes of at least 4 members (excludes halogenated alkanes) is 2. The summed E-state index contributed by atoms with van der Waals surface area (Å²) >= 11 is 0. The van der Waals surface area contributed by atoms with Crippen LogP contribution in [0.1, 0.15) is 25.7 Å². The highest BCUT2D eigenvalue weighted by Gasteiger charge is 2.13. The predicted molar refractivity (Wildman–Crippen MR) is 202 cm³/mol. The number of hydrogen-bond donors (Lipinski definition) is 0. The van der Waals surface area contributed by atoms with Crippen LogP contribution in [0.2, 0.25) is 0 Å². The van der Waals surface area contributed by atoms with E-state index in [0.29, 0.717) is 6.61 Å². The van der Waals surface area contributed by atoms with E-state index in [1.54, 1.807) is 0 Å². The smallest absolute Gasteiger partial charge is 0.121 e. The summed E-state index contributed by atoms with van der Waals surface area (Å²) in [5, 5.41) is 7.96. The number of fused-ring (bicyclic) bond motifs is 9. The Bertz CT molecular complexity index is 2460. The summed E-state index contributed by atoms with van der Waals surface area (Å²) in [7, 11) is 0. The maximum Gasteiger partial charge on any atom is 0.121 e. The first-order valence-corrected chi connectivity index (χ1v) is 17.4. The minimum atomic E-state index is 0.710. The molecule has 3 heterocycles. The SMILES string of the molecule is c1ccc2c(c1)c1ccccc1n2CCCCOc1ccc2c3ccccc3n(CCCCn3c4ccccc4c4ccccc43)c2c1. The van der Waals surface area contributed by atoms with Gasteiger partial charge in [-0.25, -0.2) is 0 Å². The molecule has 0 spiro atoms. The minimum absolute atomic E-state index is 0.710. The Hall–Kier alpha value is -5.48. The van der Waals surface area contributed by atoms with E-state index in [4.69, 9.17) is 4.74 Å². The second kappa shape index (κ2) is 12.3. The normalized spacial score (nSPS) is 12.0. The topological polar surface area (TPSA) is 24.0 Å². The molecule has 0 bridgehead atoms. The van der Waals surface area contributed by atoms with E-state index in [1.165, 1.54) is 65.4 Å². The highest BCUT2D eigenvalue weighted by molar-refractivity contribution is 6.09. The van der Waals surface area contributed by atoms with Gasteiger partial charge in [-0.1, -0.05) is 91.0 Å². The van der Waals surface area contributed by atoms with Crippen molar-refractivity contribution in [2.24, 2.45) is 0 Å². The molecule has 236 valence electrons. The standard InChI is InChI=1S/C44H39N3O/c1-6-20-39-33(15-1)34-16-2-7-21-40(34)45(39)27-11-12-28-47-43-24-10-5-19-37(43)38-26-25-32(31-44(38)47)48-30-14-13-29-46-41-22-8-3-17-35(41)36-18-4-9-23-42(36)46/h1-10,15-26,31H,11-14,27-30H2. The zero-order valence-electron chi connectivity index (χ0n) is 27.2. The van der Waals surface area contributed by atoms with Gasteiger partial charge in [0.1, 0.15) is 5.75 Å². The Morgan fingerprint density at radius 3 is 1.08 bits per heavy atom. The van der Waals surface area contributed by atoms with Crippen molar-refractivity contribution < 1.29 is 4.74 Å². The number of hydrogen-bond acceptors (Lipinski definition) is 1. The highest BCUT2D eigenvalue weighted by Crippen LogP contribution is 2.33. The van der Waals surface area contributed by atoms with Gasteiger partial charge in [-0.2, -0.15) is 0 Å². The average Bonchev–Trinajstić information content (AvgIpc) is 3.76. The Morgan fingerprint density at radius 2 is 0.667 bits per heavy atom. The van der Waals surface area contributed by atoms with Crippen molar-refractivity contribution in [1.29, 1.82) is 0 Å². The number of para-hydroxylation sites is 5. The van der Waals surface area contributed by atoms with Crippen LogP contribution in [-0.2, 0) is 19.6 Å². The molecule has 0 aliphatic heterocycles. The van der Waals surface area contributed by atoms with Gasteiger partial charge in [0.15, 0.2) is 0 Å². The van der Waals surface area contributed by atoms with E-state index in [1.807, 2.05) is 0 Å². The van der Waals surface area contributed by atoms with Crippen LogP contribution in [0.5, 0.6) is 5.75 Å². The van der Waals surface area contributed by atoms with Crippen molar-refractivity contribution in [3.63, 3.8) is 0 Å². The summed E-state index contributed by atoms with van der Waals surface area (Å²) in [6.07, 6.45) is 4.28. The lowest BCUT2D eigenvalue weighted by molar-refractivity contribution is 0.304. The molecule has 4 nitrogen and oxygen atoms in total. The van der Waals surface area contributed by atoms with Crippen LogP contribution in [0.4, 0.5) is 0 Å². The Balaban J connectivity index is 0.894. The second-order valence-electron chi connectivity index (χ2n) is 13.0. The van der Waals surface area contributed by atoms with Crippen LogP contribution >= 0.6 is 0 Å². The van der Waals surface area contributed by atoms with E-state index in [9.17, 15) is 0 Å². The van der Waals surface area contributed by atoms with E-state index >= 15 is 0 Å². The molecule has 3 aromatic heterocycles. The first-order valence-electron chi connectivity index (χ1n) is 17.4. The fourth-order valence-corrected chi connectivity index (χ4v) is 7.95. The molecule has 6 aromatic carbocycles. The minimum Gasteiger partial charge on any atom is -0.494 e. The maximum absolute atomic E-state index is 6.39. The van der Waals surface area contributed by atoms with Crippen LogP contribution in [0.25, 0.3) is 65.4 Å². The lowest BCUT2D eigenvalue weighted by atomic mass is 10.1. The predicted octanol–water partition coefficient (Wildman–Crippen LogP) is 11.3. The molecule has 4 heteroatoms. The van der Waals surface area contributed by atoms with E-state index in [2.05, 4.69) is 153 Å². The van der Waals surface area contributed by atoms with Crippen LogP contribution in [0, 0.1) is 0 Å². The van der Waals surface area contributed by atoms with Crippen LogP contribution < -0.4 is 4.74 Å². The molecule has 9 rings (SSSR count). The molecule has 9 aromatic rings. The molecule has 0 saturated heterocycles. The van der Waals surface area contributed by atoms with Crippen LogP contribution in [0.15, 0.2) is 140 Å². The second-order valence-corrected chi connectivity index (χ2v) is 13.0. The van der Waals surface area contributed by atoms with Crippen LogP contribution in [0.3, 0.4) is 0 Å². The molecular formula is C44H39N3O. The molecule has 0 N–H and O–H groups in total. The molecule has 0 unspecified atom stereocenters. The van der Waals surface area contributed by atoms with Gasteiger partial charge in [-0.3, -0.25) is 0 Å². The van der Waals surface area contributed by atoms with Gasteiger partial charge >= 0.3 is 0 Å². The molecular weight excluding hydrogens is 587 g/mol. The van der Waals surface area contributed by atoms with Crippen molar-refractivity contribution in [1.82, 2.24) is 13.7 Å². The number of nitrogens with zero attached hydrogens (tertiary/aromatic N) is 3. The third-order valence-electron chi connectivity index (χ3n) is 10.2. The third-order valence-corrected chi connectivity index (χ3v) is 10.2. The Morgan fingerprint density at radius 1 is 0.333 bits per heavy atom. The van der Waals surface area contributed by atoms with Crippen molar-refractivity contribution in [3.8, 4) is 5.75 Å². The van der Waals surface area contributed by atoms with E-state index in [0.717, 1.165) is 51.1 Å².